The Morgan fingerprint density at radius 2 is 2.26 bits per heavy atom. The van der Waals surface area contributed by atoms with E-state index in [1.165, 1.54) is 25.1 Å². The van der Waals surface area contributed by atoms with Crippen LogP contribution in [0.3, 0.4) is 0 Å². The molecule has 19 heavy (non-hydrogen) atoms. The topological polar surface area (TPSA) is 95.7 Å². The lowest BCUT2D eigenvalue weighted by Crippen LogP contribution is -2.22. The highest BCUT2D eigenvalue weighted by Crippen LogP contribution is 2.20. The Morgan fingerprint density at radius 3 is 2.79 bits per heavy atom. The second kappa shape index (κ2) is 5.05. The van der Waals surface area contributed by atoms with Crippen LogP contribution in [0.4, 0.5) is 5.69 Å². The lowest BCUT2D eigenvalue weighted by Gasteiger charge is -2.08. The molecule has 1 aromatic rings. The van der Waals surface area contributed by atoms with Gasteiger partial charge in [0.15, 0.2) is 0 Å². The SMILES string of the molecule is Cc1cc(C(=O)O[C@H]2CCOC2=O)ccc1[N+](=O)[O-]. The molecule has 1 heterocycles. The summed E-state index contributed by atoms with van der Waals surface area (Å²) in [5.74, 6) is -1.26. The molecule has 0 aromatic heterocycles. The number of aryl methyl sites for hydroxylation is 1. The predicted octanol–water partition coefficient (Wildman–Crippen LogP) is 1.38. The molecule has 1 atom stereocenters. The van der Waals surface area contributed by atoms with Gasteiger partial charge >= 0.3 is 11.9 Å². The number of ether oxygens (including phenoxy) is 2. The number of nitrogens with zero attached hydrogens (tertiary/aromatic N) is 1. The van der Waals surface area contributed by atoms with E-state index in [0.29, 0.717) is 12.0 Å². The summed E-state index contributed by atoms with van der Waals surface area (Å²) in [6.45, 7) is 1.76. The Morgan fingerprint density at radius 1 is 1.53 bits per heavy atom. The second-order valence-corrected chi connectivity index (χ2v) is 4.11. The van der Waals surface area contributed by atoms with Gasteiger partial charge in [-0.25, -0.2) is 9.59 Å². The summed E-state index contributed by atoms with van der Waals surface area (Å²) < 4.78 is 9.65. The van der Waals surface area contributed by atoms with Gasteiger partial charge < -0.3 is 9.47 Å². The van der Waals surface area contributed by atoms with Crippen molar-refractivity contribution < 1.29 is 24.0 Å². The van der Waals surface area contributed by atoms with Crippen molar-refractivity contribution >= 4 is 17.6 Å². The van der Waals surface area contributed by atoms with Crippen LogP contribution < -0.4 is 0 Å². The summed E-state index contributed by atoms with van der Waals surface area (Å²) in [5.41, 5.74) is 0.452. The molecule has 1 aliphatic heterocycles. The quantitative estimate of drug-likeness (QED) is 0.465. The highest BCUT2D eigenvalue weighted by Gasteiger charge is 2.30. The predicted molar refractivity (Wildman–Crippen MR) is 62.6 cm³/mol. The van der Waals surface area contributed by atoms with Gasteiger partial charge in [-0.1, -0.05) is 0 Å². The third kappa shape index (κ3) is 2.70. The van der Waals surface area contributed by atoms with Crippen molar-refractivity contribution in [3.05, 3.63) is 39.4 Å². The van der Waals surface area contributed by atoms with E-state index in [4.69, 9.17) is 4.74 Å². The van der Waals surface area contributed by atoms with Gasteiger partial charge in [-0.05, 0) is 19.1 Å². The number of carbonyl (C=O) groups is 2. The molecule has 0 spiro atoms. The van der Waals surface area contributed by atoms with Gasteiger partial charge in [-0.2, -0.15) is 0 Å². The minimum Gasteiger partial charge on any atom is -0.463 e. The first-order chi connectivity index (χ1) is 8.99. The van der Waals surface area contributed by atoms with Crippen molar-refractivity contribution in [2.24, 2.45) is 0 Å². The largest absolute Gasteiger partial charge is 0.463 e. The van der Waals surface area contributed by atoms with Crippen molar-refractivity contribution in [1.82, 2.24) is 0 Å². The molecular weight excluding hydrogens is 254 g/mol. The maximum absolute atomic E-state index is 11.8. The van der Waals surface area contributed by atoms with Gasteiger partial charge in [-0.3, -0.25) is 10.1 Å². The minimum absolute atomic E-state index is 0.0724. The number of rotatable bonds is 3. The molecule has 0 unspecified atom stereocenters. The molecule has 1 saturated heterocycles. The fourth-order valence-corrected chi connectivity index (χ4v) is 1.77. The van der Waals surface area contributed by atoms with Crippen LogP contribution in [0.25, 0.3) is 0 Å². The Kier molecular flexibility index (Phi) is 3.46. The zero-order valence-electron chi connectivity index (χ0n) is 10.1. The number of esters is 2. The van der Waals surface area contributed by atoms with Gasteiger partial charge in [0.25, 0.3) is 5.69 Å². The van der Waals surface area contributed by atoms with E-state index < -0.39 is 23.0 Å². The van der Waals surface area contributed by atoms with Crippen LogP contribution in [0.5, 0.6) is 0 Å². The van der Waals surface area contributed by atoms with Gasteiger partial charge in [0.2, 0.25) is 6.10 Å². The maximum Gasteiger partial charge on any atom is 0.347 e. The lowest BCUT2D eigenvalue weighted by molar-refractivity contribution is -0.385. The summed E-state index contributed by atoms with van der Waals surface area (Å²) in [6.07, 6.45) is -0.556. The maximum atomic E-state index is 11.8. The Labute approximate surface area is 108 Å². The number of cyclic esters (lactones) is 1. The van der Waals surface area contributed by atoms with Gasteiger partial charge in [0.1, 0.15) is 0 Å². The summed E-state index contributed by atoms with van der Waals surface area (Å²) >= 11 is 0. The van der Waals surface area contributed by atoms with Gasteiger partial charge in [0, 0.05) is 18.1 Å². The highest BCUT2D eigenvalue weighted by molar-refractivity contribution is 5.92. The molecule has 0 N–H and O–H groups in total. The van der Waals surface area contributed by atoms with Gasteiger partial charge in [0.05, 0.1) is 17.1 Å². The minimum atomic E-state index is -0.886. The van der Waals surface area contributed by atoms with E-state index in [1.54, 1.807) is 0 Å². The van der Waals surface area contributed by atoms with Crippen molar-refractivity contribution in [3.63, 3.8) is 0 Å². The second-order valence-electron chi connectivity index (χ2n) is 4.11. The lowest BCUT2D eigenvalue weighted by atomic mass is 10.1. The molecule has 2 rings (SSSR count). The van der Waals surface area contributed by atoms with Crippen molar-refractivity contribution in [1.29, 1.82) is 0 Å². The summed E-state index contributed by atoms with van der Waals surface area (Å²) in [6, 6.07) is 3.90. The average Bonchev–Trinajstić information content (AvgIpc) is 2.74. The number of nitro groups is 1. The van der Waals surface area contributed by atoms with E-state index in [1.807, 2.05) is 0 Å². The fourth-order valence-electron chi connectivity index (χ4n) is 1.77. The summed E-state index contributed by atoms with van der Waals surface area (Å²) in [7, 11) is 0. The van der Waals surface area contributed by atoms with E-state index in [2.05, 4.69) is 4.74 Å². The Balaban J connectivity index is 2.13. The van der Waals surface area contributed by atoms with Crippen molar-refractivity contribution in [2.45, 2.75) is 19.4 Å². The number of nitro benzene ring substituents is 1. The third-order valence-electron chi connectivity index (χ3n) is 2.77. The number of hydrogen-bond acceptors (Lipinski definition) is 6. The monoisotopic (exact) mass is 265 g/mol. The van der Waals surface area contributed by atoms with Gasteiger partial charge in [-0.15, -0.1) is 0 Å². The third-order valence-corrected chi connectivity index (χ3v) is 2.77. The Hall–Kier alpha value is -2.44. The number of carbonyl (C=O) groups excluding carboxylic acids is 2. The van der Waals surface area contributed by atoms with Crippen LogP contribution in [-0.4, -0.2) is 29.6 Å². The molecule has 0 amide bonds. The molecule has 0 bridgehead atoms. The van der Waals surface area contributed by atoms with E-state index in [9.17, 15) is 19.7 Å². The standard InChI is InChI=1S/C12H11NO6/c1-7-6-8(2-3-9(7)13(16)17)11(14)19-10-4-5-18-12(10)15/h2-3,6,10H,4-5H2,1H3/t10-/m0/s1. The first-order valence-electron chi connectivity index (χ1n) is 5.61. The number of benzene rings is 1. The Bertz CT molecular complexity index is 553. The first kappa shape index (κ1) is 13.0. The smallest absolute Gasteiger partial charge is 0.347 e. The molecule has 0 saturated carbocycles. The zero-order chi connectivity index (χ0) is 14.0. The summed E-state index contributed by atoms with van der Waals surface area (Å²) in [4.78, 5) is 33.1. The van der Waals surface area contributed by atoms with Crippen molar-refractivity contribution in [2.75, 3.05) is 6.61 Å². The molecule has 0 radical (unpaired) electrons. The fraction of sp³-hybridized carbons (Fsp3) is 0.333. The first-order valence-corrected chi connectivity index (χ1v) is 5.61. The number of hydrogen-bond donors (Lipinski definition) is 0. The molecule has 0 aliphatic carbocycles. The zero-order valence-corrected chi connectivity index (χ0v) is 10.1. The van der Waals surface area contributed by atoms with Crippen LogP contribution in [0.15, 0.2) is 18.2 Å². The van der Waals surface area contributed by atoms with E-state index >= 15 is 0 Å². The molecule has 7 heteroatoms. The van der Waals surface area contributed by atoms with Crippen LogP contribution in [0.1, 0.15) is 22.3 Å². The normalized spacial score (nSPS) is 17.9. The molecule has 1 aromatic carbocycles. The van der Waals surface area contributed by atoms with Crippen LogP contribution in [0.2, 0.25) is 0 Å². The van der Waals surface area contributed by atoms with E-state index in [0.717, 1.165) is 0 Å². The molecule has 7 nitrogen and oxygen atoms in total. The highest BCUT2D eigenvalue weighted by atomic mass is 16.6. The molecule has 100 valence electrons. The molecule has 1 aliphatic rings. The average molecular weight is 265 g/mol. The molecular formula is C12H11NO6. The van der Waals surface area contributed by atoms with Crippen molar-refractivity contribution in [3.8, 4) is 0 Å². The van der Waals surface area contributed by atoms with E-state index in [-0.39, 0.29) is 17.9 Å². The summed E-state index contributed by atoms with van der Waals surface area (Å²) in [5, 5.41) is 10.7. The van der Waals surface area contributed by atoms with Crippen LogP contribution in [-0.2, 0) is 14.3 Å². The van der Waals surface area contributed by atoms with Crippen LogP contribution in [0, 0.1) is 17.0 Å². The molecule has 1 fully saturated rings. The van der Waals surface area contributed by atoms with Crippen LogP contribution >= 0.6 is 0 Å².